The Kier molecular flexibility index (Phi) is 4.67. The Hall–Kier alpha value is -1.66. The van der Waals surface area contributed by atoms with E-state index in [2.05, 4.69) is 9.55 Å². The van der Waals surface area contributed by atoms with Gasteiger partial charge in [-0.15, -0.1) is 0 Å². The molecule has 1 unspecified atom stereocenters. The Morgan fingerprint density at radius 3 is 2.92 bits per heavy atom. The van der Waals surface area contributed by atoms with Gasteiger partial charge < -0.3 is 14.2 Å². The van der Waals surface area contributed by atoms with E-state index < -0.39 is 0 Å². The molecule has 1 fully saturated rings. The number of carbonyl (C=O) groups excluding carboxylic acids is 1. The van der Waals surface area contributed by atoms with Gasteiger partial charge in [-0.3, -0.25) is 4.79 Å². The van der Waals surface area contributed by atoms with Crippen LogP contribution in [-0.2, 0) is 17.8 Å². The molecule has 0 saturated heterocycles. The van der Waals surface area contributed by atoms with Crippen LogP contribution in [0.3, 0.4) is 0 Å². The summed E-state index contributed by atoms with van der Waals surface area (Å²) in [6.45, 7) is 3.80. The van der Waals surface area contributed by atoms with Crippen molar-refractivity contribution in [1.29, 1.82) is 0 Å². The van der Waals surface area contributed by atoms with E-state index in [1.807, 2.05) is 34.3 Å². The van der Waals surface area contributed by atoms with Gasteiger partial charge in [0.1, 0.15) is 0 Å². The smallest absolute Gasteiger partial charge is 0.255 e. The van der Waals surface area contributed by atoms with Crippen molar-refractivity contribution in [2.24, 2.45) is 11.8 Å². The average Bonchev–Trinajstić information content (AvgIpc) is 3.18. The van der Waals surface area contributed by atoms with Gasteiger partial charge in [-0.05, 0) is 30.2 Å². The molecule has 4 rings (SSSR count). The fourth-order valence-corrected chi connectivity index (χ4v) is 4.07. The number of hydrogen-bond donors (Lipinski definition) is 0. The molecule has 6 heteroatoms. The van der Waals surface area contributed by atoms with Crippen molar-refractivity contribution in [1.82, 2.24) is 14.5 Å². The van der Waals surface area contributed by atoms with E-state index in [4.69, 9.17) is 4.74 Å². The zero-order valence-electron chi connectivity index (χ0n) is 13.8. The topological polar surface area (TPSA) is 47.4 Å². The molecule has 0 aromatic carbocycles. The highest BCUT2D eigenvalue weighted by molar-refractivity contribution is 7.08. The molecule has 2 aliphatic rings. The molecule has 1 saturated carbocycles. The van der Waals surface area contributed by atoms with Crippen molar-refractivity contribution >= 4 is 17.2 Å². The monoisotopic (exact) mass is 345 g/mol. The molecule has 24 heavy (non-hydrogen) atoms. The van der Waals surface area contributed by atoms with Gasteiger partial charge in [0, 0.05) is 37.2 Å². The minimum atomic E-state index is 0.106. The highest BCUT2D eigenvalue weighted by atomic mass is 32.1. The summed E-state index contributed by atoms with van der Waals surface area (Å²) in [4.78, 5) is 19.0. The Balaban J connectivity index is 1.44. The summed E-state index contributed by atoms with van der Waals surface area (Å²) >= 11 is 1.56. The van der Waals surface area contributed by atoms with Crippen molar-refractivity contribution in [2.45, 2.75) is 32.4 Å². The minimum absolute atomic E-state index is 0.106. The third kappa shape index (κ3) is 3.39. The fourth-order valence-electron chi connectivity index (χ4n) is 3.44. The summed E-state index contributed by atoms with van der Waals surface area (Å²) in [7, 11) is 0. The number of hydrogen-bond acceptors (Lipinski definition) is 4. The van der Waals surface area contributed by atoms with Crippen LogP contribution in [0.5, 0.6) is 0 Å². The molecule has 0 radical (unpaired) electrons. The number of ether oxygens (including phenoxy) is 1. The molecule has 5 nitrogen and oxygen atoms in total. The van der Waals surface area contributed by atoms with Gasteiger partial charge in [0.25, 0.3) is 5.91 Å². The van der Waals surface area contributed by atoms with E-state index in [1.54, 1.807) is 11.3 Å². The van der Waals surface area contributed by atoms with Crippen LogP contribution >= 0.6 is 11.3 Å². The van der Waals surface area contributed by atoms with Crippen LogP contribution in [0, 0.1) is 11.8 Å². The van der Waals surface area contributed by atoms with Gasteiger partial charge in [0.15, 0.2) is 0 Å². The number of rotatable bonds is 5. The third-order valence-electron chi connectivity index (χ3n) is 5.07. The number of nitrogens with zero attached hydrogens (tertiary/aromatic N) is 3. The summed E-state index contributed by atoms with van der Waals surface area (Å²) in [5.41, 5.74) is 1.88. The number of thiophene rings is 1. The predicted octanol–water partition coefficient (Wildman–Crippen LogP) is 3.03. The summed E-state index contributed by atoms with van der Waals surface area (Å²) < 4.78 is 8.14. The Bertz CT molecular complexity index is 678. The molecule has 1 aliphatic heterocycles. The average molecular weight is 345 g/mol. The third-order valence-corrected chi connectivity index (χ3v) is 5.76. The molecule has 1 amide bonds. The second kappa shape index (κ2) is 7.07. The summed E-state index contributed by atoms with van der Waals surface area (Å²) in [6.07, 6.45) is 7.69. The van der Waals surface area contributed by atoms with E-state index >= 15 is 0 Å². The molecule has 2 aromatic heterocycles. The van der Waals surface area contributed by atoms with Gasteiger partial charge in [-0.25, -0.2) is 4.98 Å². The van der Waals surface area contributed by atoms with Crippen molar-refractivity contribution in [3.8, 4) is 0 Å². The lowest BCUT2D eigenvalue weighted by Gasteiger charge is -2.27. The standard InChI is InChI=1S/C18H23N3O2S/c22-18(16-4-5-24-12-16)20-7-15(11-23-10-14-2-1-3-14)8-21-13-19-6-17(21)9-20/h4-6,12-15H,1-3,7-11H2. The van der Waals surface area contributed by atoms with Gasteiger partial charge in [-0.1, -0.05) is 6.42 Å². The normalized spacial score (nSPS) is 21.2. The van der Waals surface area contributed by atoms with E-state index in [1.165, 1.54) is 19.3 Å². The maximum Gasteiger partial charge on any atom is 0.255 e. The second-order valence-electron chi connectivity index (χ2n) is 6.94. The van der Waals surface area contributed by atoms with Crippen molar-refractivity contribution in [3.05, 3.63) is 40.6 Å². The molecule has 128 valence electrons. The molecular weight excluding hydrogens is 322 g/mol. The summed E-state index contributed by atoms with van der Waals surface area (Å²) in [6, 6.07) is 1.90. The minimum Gasteiger partial charge on any atom is -0.381 e. The van der Waals surface area contributed by atoms with E-state index in [0.717, 1.165) is 36.9 Å². The fraction of sp³-hybridized carbons (Fsp3) is 0.556. The van der Waals surface area contributed by atoms with Crippen LogP contribution < -0.4 is 0 Å². The maximum atomic E-state index is 12.8. The first-order chi connectivity index (χ1) is 11.8. The van der Waals surface area contributed by atoms with Gasteiger partial charge >= 0.3 is 0 Å². The lowest BCUT2D eigenvalue weighted by Crippen LogP contribution is -2.35. The summed E-state index contributed by atoms with van der Waals surface area (Å²) in [5.74, 6) is 1.17. The van der Waals surface area contributed by atoms with E-state index in [0.29, 0.717) is 19.1 Å². The zero-order chi connectivity index (χ0) is 16.4. The highest BCUT2D eigenvalue weighted by Gasteiger charge is 2.27. The van der Waals surface area contributed by atoms with Crippen molar-refractivity contribution in [3.63, 3.8) is 0 Å². The van der Waals surface area contributed by atoms with Gasteiger partial charge in [-0.2, -0.15) is 11.3 Å². The molecule has 2 aromatic rings. The van der Waals surface area contributed by atoms with Crippen molar-refractivity contribution in [2.75, 3.05) is 19.8 Å². The van der Waals surface area contributed by atoms with Crippen LogP contribution in [-0.4, -0.2) is 40.1 Å². The van der Waals surface area contributed by atoms with Crippen LogP contribution in [0.15, 0.2) is 29.4 Å². The highest BCUT2D eigenvalue weighted by Crippen LogP contribution is 2.27. The zero-order valence-corrected chi connectivity index (χ0v) is 14.6. The molecule has 1 aliphatic carbocycles. The first-order valence-corrected chi connectivity index (χ1v) is 9.62. The Labute approximate surface area is 146 Å². The number of fused-ring (bicyclic) bond motifs is 1. The number of amides is 1. The lowest BCUT2D eigenvalue weighted by molar-refractivity contribution is 0.0346. The molecule has 0 N–H and O–H groups in total. The second-order valence-corrected chi connectivity index (χ2v) is 7.72. The molecule has 1 atom stereocenters. The molecule has 0 bridgehead atoms. The summed E-state index contributed by atoms with van der Waals surface area (Å²) in [5, 5.41) is 3.88. The van der Waals surface area contributed by atoms with Crippen LogP contribution in [0.2, 0.25) is 0 Å². The lowest BCUT2D eigenvalue weighted by atomic mass is 9.86. The van der Waals surface area contributed by atoms with Gasteiger partial charge in [0.05, 0.1) is 30.7 Å². The largest absolute Gasteiger partial charge is 0.381 e. The van der Waals surface area contributed by atoms with Crippen molar-refractivity contribution < 1.29 is 9.53 Å². The van der Waals surface area contributed by atoms with E-state index in [-0.39, 0.29) is 5.91 Å². The Morgan fingerprint density at radius 2 is 2.17 bits per heavy atom. The SMILES string of the molecule is O=C(c1ccsc1)N1Cc2cncn2CC(COCC2CCC2)C1. The molecule has 0 spiro atoms. The van der Waals surface area contributed by atoms with E-state index in [9.17, 15) is 4.79 Å². The number of carbonyl (C=O) groups is 1. The van der Waals surface area contributed by atoms with Gasteiger partial charge in [0.2, 0.25) is 0 Å². The van der Waals surface area contributed by atoms with Crippen LogP contribution in [0.4, 0.5) is 0 Å². The Morgan fingerprint density at radius 1 is 1.29 bits per heavy atom. The number of imidazole rings is 1. The first-order valence-electron chi connectivity index (χ1n) is 8.68. The quantitative estimate of drug-likeness (QED) is 0.837. The predicted molar refractivity (Wildman–Crippen MR) is 92.9 cm³/mol. The van der Waals surface area contributed by atoms with Crippen LogP contribution in [0.1, 0.15) is 35.3 Å². The number of aromatic nitrogens is 2. The van der Waals surface area contributed by atoms with Crippen LogP contribution in [0.25, 0.3) is 0 Å². The maximum absolute atomic E-state index is 12.8. The molecular formula is C18H23N3O2S. The first kappa shape index (κ1) is 15.8. The molecule has 3 heterocycles.